The first-order valence-corrected chi connectivity index (χ1v) is 8.55. The zero-order valence-electron chi connectivity index (χ0n) is 16.5. The van der Waals surface area contributed by atoms with Gasteiger partial charge in [0.15, 0.2) is 11.5 Å². The first-order chi connectivity index (χ1) is 12.9. The minimum atomic E-state index is -0.655. The van der Waals surface area contributed by atoms with Crippen molar-refractivity contribution < 1.29 is 28.5 Å². The summed E-state index contributed by atoms with van der Waals surface area (Å²) in [6.45, 7) is 5.51. The van der Waals surface area contributed by atoms with Gasteiger partial charge >= 0.3 is 11.9 Å². The molecule has 0 fully saturated rings. The number of esters is 2. The Morgan fingerprint density at radius 3 is 2.07 bits per heavy atom. The van der Waals surface area contributed by atoms with Crippen molar-refractivity contribution >= 4 is 11.9 Å². The lowest BCUT2D eigenvalue weighted by Gasteiger charge is -2.30. The van der Waals surface area contributed by atoms with Crippen LogP contribution in [-0.2, 0) is 19.1 Å². The van der Waals surface area contributed by atoms with Gasteiger partial charge in [-0.05, 0) is 38.5 Å². The standard InChI is InChI=1S/C20H25NO6/c1-7-27-20(23)17-12(3)21-11(2)16(19(22)26-6)18(17)13-8-9-14(24-4)15(10-13)25-5/h8-10,18,21H,7H2,1-6H3/t18-/m0/s1. The van der Waals surface area contributed by atoms with Gasteiger partial charge in [-0.1, -0.05) is 6.07 Å². The summed E-state index contributed by atoms with van der Waals surface area (Å²) in [6, 6.07) is 5.27. The van der Waals surface area contributed by atoms with Crippen molar-refractivity contribution in [3.63, 3.8) is 0 Å². The third-order valence-electron chi connectivity index (χ3n) is 4.40. The molecule has 0 unspecified atom stereocenters. The predicted octanol–water partition coefficient (Wildman–Crippen LogP) is 2.67. The highest BCUT2D eigenvalue weighted by Gasteiger charge is 2.38. The van der Waals surface area contributed by atoms with E-state index in [-0.39, 0.29) is 6.61 Å². The van der Waals surface area contributed by atoms with Gasteiger partial charge in [-0.2, -0.15) is 0 Å². The zero-order valence-corrected chi connectivity index (χ0v) is 16.5. The van der Waals surface area contributed by atoms with Gasteiger partial charge in [0.05, 0.1) is 45.0 Å². The molecular weight excluding hydrogens is 350 g/mol. The van der Waals surface area contributed by atoms with Crippen LogP contribution in [0.15, 0.2) is 40.7 Å². The molecule has 0 spiro atoms. The summed E-state index contributed by atoms with van der Waals surface area (Å²) in [4.78, 5) is 25.2. The second-order valence-corrected chi connectivity index (χ2v) is 5.96. The summed E-state index contributed by atoms with van der Waals surface area (Å²) in [5.41, 5.74) is 2.63. The lowest BCUT2D eigenvalue weighted by molar-refractivity contribution is -0.139. The van der Waals surface area contributed by atoms with Crippen molar-refractivity contribution in [2.24, 2.45) is 0 Å². The first kappa shape index (κ1) is 20.4. The average Bonchev–Trinajstić information content (AvgIpc) is 2.66. The van der Waals surface area contributed by atoms with Crippen molar-refractivity contribution in [2.75, 3.05) is 27.9 Å². The van der Waals surface area contributed by atoms with Gasteiger partial charge in [0.2, 0.25) is 0 Å². The molecule has 27 heavy (non-hydrogen) atoms. The number of methoxy groups -OCH3 is 3. The lowest BCUT2D eigenvalue weighted by Crippen LogP contribution is -2.32. The van der Waals surface area contributed by atoms with Crippen molar-refractivity contribution in [1.29, 1.82) is 0 Å². The van der Waals surface area contributed by atoms with Crippen LogP contribution in [0.2, 0.25) is 0 Å². The van der Waals surface area contributed by atoms with Crippen LogP contribution in [0.4, 0.5) is 0 Å². The number of ether oxygens (including phenoxy) is 4. The summed E-state index contributed by atoms with van der Waals surface area (Å²) < 4.78 is 20.9. The van der Waals surface area contributed by atoms with E-state index in [2.05, 4.69) is 5.32 Å². The molecule has 0 aliphatic carbocycles. The molecule has 2 rings (SSSR count). The van der Waals surface area contributed by atoms with E-state index in [9.17, 15) is 9.59 Å². The second kappa shape index (κ2) is 8.62. The van der Waals surface area contributed by atoms with Crippen LogP contribution >= 0.6 is 0 Å². The van der Waals surface area contributed by atoms with Crippen LogP contribution in [0.5, 0.6) is 11.5 Å². The number of nitrogens with one attached hydrogen (secondary N) is 1. The largest absolute Gasteiger partial charge is 0.493 e. The summed E-state index contributed by atoms with van der Waals surface area (Å²) in [5.74, 6) is -0.618. The fourth-order valence-electron chi connectivity index (χ4n) is 3.22. The summed E-state index contributed by atoms with van der Waals surface area (Å²) in [5, 5.41) is 3.09. The van der Waals surface area contributed by atoms with Crippen LogP contribution in [0, 0.1) is 0 Å². The molecule has 1 aromatic carbocycles. The molecule has 0 radical (unpaired) electrons. The monoisotopic (exact) mass is 375 g/mol. The molecule has 0 saturated carbocycles. The van der Waals surface area contributed by atoms with Crippen molar-refractivity contribution in [3.8, 4) is 11.5 Å². The molecule has 7 nitrogen and oxygen atoms in total. The van der Waals surface area contributed by atoms with E-state index in [1.165, 1.54) is 14.2 Å². The molecular formula is C20H25NO6. The normalized spacial score (nSPS) is 16.6. The summed E-state index contributed by atoms with van der Waals surface area (Å²) in [7, 11) is 4.38. The molecule has 146 valence electrons. The predicted molar refractivity (Wildman–Crippen MR) is 99.5 cm³/mol. The van der Waals surface area contributed by atoms with Crippen molar-refractivity contribution in [2.45, 2.75) is 26.7 Å². The van der Waals surface area contributed by atoms with Gasteiger partial charge in [0.1, 0.15) is 0 Å². The highest BCUT2D eigenvalue weighted by molar-refractivity contribution is 5.99. The van der Waals surface area contributed by atoms with Gasteiger partial charge in [-0.25, -0.2) is 9.59 Å². The molecule has 7 heteroatoms. The third kappa shape index (κ3) is 3.92. The Hall–Kier alpha value is -2.96. The quantitative estimate of drug-likeness (QED) is 0.765. The minimum Gasteiger partial charge on any atom is -0.493 e. The fraction of sp³-hybridized carbons (Fsp3) is 0.400. The Bertz CT molecular complexity index is 809. The minimum absolute atomic E-state index is 0.227. The second-order valence-electron chi connectivity index (χ2n) is 5.96. The number of allylic oxidation sites excluding steroid dienone is 2. The van der Waals surface area contributed by atoms with Gasteiger partial charge in [-0.15, -0.1) is 0 Å². The molecule has 0 bridgehead atoms. The lowest BCUT2D eigenvalue weighted by atomic mass is 9.80. The van der Waals surface area contributed by atoms with Crippen molar-refractivity contribution in [1.82, 2.24) is 5.32 Å². The first-order valence-electron chi connectivity index (χ1n) is 8.55. The van der Waals surface area contributed by atoms with Crippen LogP contribution in [0.3, 0.4) is 0 Å². The topological polar surface area (TPSA) is 83.1 Å². The Kier molecular flexibility index (Phi) is 6.50. The maximum absolute atomic E-state index is 12.7. The third-order valence-corrected chi connectivity index (χ3v) is 4.40. The van der Waals surface area contributed by atoms with Crippen molar-refractivity contribution in [3.05, 3.63) is 46.3 Å². The number of benzene rings is 1. The average molecular weight is 375 g/mol. The number of dihydropyridines is 1. The summed E-state index contributed by atoms with van der Waals surface area (Å²) in [6.07, 6.45) is 0. The van der Waals surface area contributed by atoms with E-state index in [4.69, 9.17) is 18.9 Å². The number of carbonyl (C=O) groups excluding carboxylic acids is 2. The van der Waals surface area contributed by atoms with Gasteiger partial charge in [0, 0.05) is 11.4 Å². The Labute approximate surface area is 158 Å². The van der Waals surface area contributed by atoms with E-state index >= 15 is 0 Å². The van der Waals surface area contributed by atoms with Crippen LogP contribution < -0.4 is 14.8 Å². The van der Waals surface area contributed by atoms with Gasteiger partial charge < -0.3 is 24.3 Å². The van der Waals surface area contributed by atoms with Crippen LogP contribution in [-0.4, -0.2) is 39.9 Å². The number of rotatable bonds is 6. The maximum atomic E-state index is 12.7. The highest BCUT2D eigenvalue weighted by atomic mass is 16.5. The molecule has 1 N–H and O–H groups in total. The maximum Gasteiger partial charge on any atom is 0.336 e. The molecule has 1 aliphatic heterocycles. The summed E-state index contributed by atoms with van der Waals surface area (Å²) >= 11 is 0. The number of hydrogen-bond acceptors (Lipinski definition) is 7. The number of hydrogen-bond donors (Lipinski definition) is 1. The molecule has 1 aromatic rings. The van der Waals surface area contributed by atoms with E-state index in [1.54, 1.807) is 46.1 Å². The fourth-order valence-corrected chi connectivity index (χ4v) is 3.22. The van der Waals surface area contributed by atoms with E-state index in [0.29, 0.717) is 39.6 Å². The molecule has 0 aromatic heterocycles. The molecule has 1 aliphatic rings. The highest BCUT2D eigenvalue weighted by Crippen LogP contribution is 2.41. The van der Waals surface area contributed by atoms with E-state index < -0.39 is 17.9 Å². The van der Waals surface area contributed by atoms with Gasteiger partial charge in [-0.3, -0.25) is 0 Å². The van der Waals surface area contributed by atoms with Crippen LogP contribution in [0.1, 0.15) is 32.3 Å². The van der Waals surface area contributed by atoms with E-state index in [1.807, 2.05) is 0 Å². The van der Waals surface area contributed by atoms with E-state index in [0.717, 1.165) is 0 Å². The Morgan fingerprint density at radius 1 is 0.963 bits per heavy atom. The zero-order chi connectivity index (χ0) is 20.1. The van der Waals surface area contributed by atoms with Crippen LogP contribution in [0.25, 0.3) is 0 Å². The molecule has 1 heterocycles. The molecule has 0 amide bonds. The molecule has 1 atom stereocenters. The number of carbonyl (C=O) groups is 2. The Morgan fingerprint density at radius 2 is 1.56 bits per heavy atom. The SMILES string of the molecule is CCOC(=O)C1=C(C)NC(C)=C(C(=O)OC)[C@@H]1c1ccc(OC)c(OC)c1. The smallest absolute Gasteiger partial charge is 0.336 e. The Balaban J connectivity index is 2.70. The molecule has 0 saturated heterocycles. The van der Waals surface area contributed by atoms with Gasteiger partial charge in [0.25, 0.3) is 0 Å².